The van der Waals surface area contributed by atoms with Gasteiger partial charge in [0, 0.05) is 17.5 Å². The normalized spacial score (nSPS) is 13.7. The van der Waals surface area contributed by atoms with Crippen LogP contribution in [-0.2, 0) is 18.6 Å². The van der Waals surface area contributed by atoms with Gasteiger partial charge in [-0.05, 0) is 43.7 Å². The maximum atomic E-state index is 4.74. The molecule has 24 heavy (non-hydrogen) atoms. The molecule has 3 aromatic rings. The Hall–Kier alpha value is -2.14. The fourth-order valence-corrected chi connectivity index (χ4v) is 4.05. The number of aromatic nitrogens is 4. The van der Waals surface area contributed by atoms with E-state index in [2.05, 4.69) is 47.2 Å². The monoisotopic (exact) mass is 336 g/mol. The summed E-state index contributed by atoms with van der Waals surface area (Å²) in [6.45, 7) is 2.10. The summed E-state index contributed by atoms with van der Waals surface area (Å²) < 4.78 is 2.03. The highest BCUT2D eigenvalue weighted by atomic mass is 32.2. The Bertz CT molecular complexity index is 842. The van der Waals surface area contributed by atoms with Gasteiger partial charge in [0.25, 0.3) is 0 Å². The van der Waals surface area contributed by atoms with Crippen molar-refractivity contribution >= 4 is 11.8 Å². The summed E-state index contributed by atoms with van der Waals surface area (Å²) in [6.07, 6.45) is 6.38. The second-order valence-electron chi connectivity index (χ2n) is 6.12. The average molecular weight is 336 g/mol. The van der Waals surface area contributed by atoms with E-state index in [-0.39, 0.29) is 0 Å². The summed E-state index contributed by atoms with van der Waals surface area (Å²) in [6, 6.07) is 12.5. The van der Waals surface area contributed by atoms with Crippen molar-refractivity contribution < 1.29 is 0 Å². The van der Waals surface area contributed by atoms with Crippen LogP contribution in [0.5, 0.6) is 0 Å². The summed E-state index contributed by atoms with van der Waals surface area (Å²) in [4.78, 5) is 8.87. The standard InChI is InChI=1S/C19H20N4S/c1-14-16-9-5-6-10-17(16)23(22-14)18-11-19(21-13-20-18)24-12-15-7-3-2-4-8-15/h2-4,7-8,11,13H,5-6,9-10,12H2,1H3. The predicted octanol–water partition coefficient (Wildman–Crippen LogP) is 4.14. The fourth-order valence-electron chi connectivity index (χ4n) is 3.23. The van der Waals surface area contributed by atoms with Crippen LogP contribution in [0.15, 0.2) is 47.8 Å². The molecule has 0 atom stereocenters. The van der Waals surface area contributed by atoms with Crippen LogP contribution in [0.25, 0.3) is 5.82 Å². The van der Waals surface area contributed by atoms with Gasteiger partial charge in [0.1, 0.15) is 11.4 Å². The summed E-state index contributed by atoms with van der Waals surface area (Å²) >= 11 is 1.73. The van der Waals surface area contributed by atoms with Gasteiger partial charge in [-0.25, -0.2) is 14.6 Å². The Morgan fingerprint density at radius 3 is 2.79 bits per heavy atom. The Morgan fingerprint density at radius 1 is 1.08 bits per heavy atom. The Morgan fingerprint density at radius 2 is 1.92 bits per heavy atom. The molecule has 0 bridgehead atoms. The average Bonchev–Trinajstić information content (AvgIpc) is 2.98. The summed E-state index contributed by atoms with van der Waals surface area (Å²) in [5.41, 5.74) is 5.19. The van der Waals surface area contributed by atoms with E-state index in [0.717, 1.165) is 35.1 Å². The zero-order chi connectivity index (χ0) is 16.4. The Balaban J connectivity index is 1.59. The predicted molar refractivity (Wildman–Crippen MR) is 96.5 cm³/mol. The molecule has 0 aliphatic heterocycles. The van der Waals surface area contributed by atoms with Crippen LogP contribution in [0.3, 0.4) is 0 Å². The number of aryl methyl sites for hydroxylation is 1. The summed E-state index contributed by atoms with van der Waals surface area (Å²) in [7, 11) is 0. The lowest BCUT2D eigenvalue weighted by Crippen LogP contribution is -2.09. The molecule has 2 aromatic heterocycles. The summed E-state index contributed by atoms with van der Waals surface area (Å²) in [5, 5.41) is 5.73. The minimum Gasteiger partial charge on any atom is -0.230 e. The van der Waals surface area contributed by atoms with E-state index in [1.54, 1.807) is 18.1 Å². The van der Waals surface area contributed by atoms with Crippen molar-refractivity contribution in [2.45, 2.75) is 43.4 Å². The van der Waals surface area contributed by atoms with Crippen molar-refractivity contribution in [3.63, 3.8) is 0 Å². The van der Waals surface area contributed by atoms with E-state index >= 15 is 0 Å². The molecular formula is C19H20N4S. The first-order valence-electron chi connectivity index (χ1n) is 8.38. The minimum atomic E-state index is 0.881. The van der Waals surface area contributed by atoms with E-state index in [1.165, 1.54) is 29.7 Å². The molecule has 0 spiro atoms. The van der Waals surface area contributed by atoms with Crippen molar-refractivity contribution in [3.8, 4) is 5.82 Å². The first-order chi connectivity index (χ1) is 11.8. The van der Waals surface area contributed by atoms with Crippen LogP contribution in [0.2, 0.25) is 0 Å². The second kappa shape index (κ2) is 6.77. The van der Waals surface area contributed by atoms with Crippen molar-refractivity contribution in [2.24, 2.45) is 0 Å². The Kier molecular flexibility index (Phi) is 4.34. The van der Waals surface area contributed by atoms with Crippen molar-refractivity contribution in [1.29, 1.82) is 0 Å². The van der Waals surface area contributed by atoms with Crippen LogP contribution in [0.1, 0.15) is 35.4 Å². The first-order valence-corrected chi connectivity index (χ1v) is 9.36. The second-order valence-corrected chi connectivity index (χ2v) is 7.11. The van der Waals surface area contributed by atoms with Gasteiger partial charge in [0.2, 0.25) is 0 Å². The van der Waals surface area contributed by atoms with Crippen molar-refractivity contribution in [1.82, 2.24) is 19.7 Å². The van der Waals surface area contributed by atoms with Gasteiger partial charge in [-0.1, -0.05) is 30.3 Å². The van der Waals surface area contributed by atoms with Crippen LogP contribution in [-0.4, -0.2) is 19.7 Å². The zero-order valence-electron chi connectivity index (χ0n) is 13.8. The highest BCUT2D eigenvalue weighted by Gasteiger charge is 2.20. The molecule has 2 heterocycles. The molecule has 1 aromatic carbocycles. The molecule has 1 aliphatic rings. The smallest absolute Gasteiger partial charge is 0.158 e. The number of rotatable bonds is 4. The van der Waals surface area contributed by atoms with Crippen LogP contribution < -0.4 is 0 Å². The third-order valence-corrected chi connectivity index (χ3v) is 5.45. The highest BCUT2D eigenvalue weighted by molar-refractivity contribution is 7.98. The molecule has 122 valence electrons. The van der Waals surface area contributed by atoms with E-state index in [0.29, 0.717) is 0 Å². The molecule has 5 heteroatoms. The zero-order valence-corrected chi connectivity index (χ0v) is 14.6. The molecule has 0 N–H and O–H groups in total. The lowest BCUT2D eigenvalue weighted by atomic mass is 9.96. The molecule has 1 aliphatic carbocycles. The van der Waals surface area contributed by atoms with Crippen molar-refractivity contribution in [3.05, 3.63) is 65.2 Å². The van der Waals surface area contributed by atoms with E-state index in [1.807, 2.05) is 10.7 Å². The lowest BCUT2D eigenvalue weighted by molar-refractivity contribution is 0.648. The SMILES string of the molecule is Cc1nn(-c2cc(SCc3ccccc3)ncn2)c2c1CCCC2. The molecule has 0 amide bonds. The van der Waals surface area contributed by atoms with Gasteiger partial charge in [-0.15, -0.1) is 11.8 Å². The molecule has 4 rings (SSSR count). The topological polar surface area (TPSA) is 43.6 Å². The van der Waals surface area contributed by atoms with Gasteiger partial charge in [-0.2, -0.15) is 5.10 Å². The Labute approximate surface area is 146 Å². The highest BCUT2D eigenvalue weighted by Crippen LogP contribution is 2.27. The van der Waals surface area contributed by atoms with Gasteiger partial charge in [-0.3, -0.25) is 0 Å². The molecule has 4 nitrogen and oxygen atoms in total. The van der Waals surface area contributed by atoms with Gasteiger partial charge in [0.05, 0.1) is 5.69 Å². The molecule has 0 radical (unpaired) electrons. The fraction of sp³-hybridized carbons (Fsp3) is 0.316. The molecule has 0 unspecified atom stereocenters. The number of hydrogen-bond acceptors (Lipinski definition) is 4. The molecule has 0 saturated carbocycles. The number of benzene rings is 1. The summed E-state index contributed by atoms with van der Waals surface area (Å²) in [5.74, 6) is 1.79. The number of hydrogen-bond donors (Lipinski definition) is 0. The number of fused-ring (bicyclic) bond motifs is 1. The van der Waals surface area contributed by atoms with Gasteiger partial charge >= 0.3 is 0 Å². The third kappa shape index (κ3) is 3.08. The number of nitrogens with zero attached hydrogens (tertiary/aromatic N) is 4. The van der Waals surface area contributed by atoms with E-state index in [4.69, 9.17) is 5.10 Å². The van der Waals surface area contributed by atoms with E-state index in [9.17, 15) is 0 Å². The van der Waals surface area contributed by atoms with Gasteiger partial charge in [0.15, 0.2) is 5.82 Å². The first kappa shape index (κ1) is 15.4. The quantitative estimate of drug-likeness (QED) is 0.530. The van der Waals surface area contributed by atoms with Crippen LogP contribution in [0, 0.1) is 6.92 Å². The van der Waals surface area contributed by atoms with E-state index < -0.39 is 0 Å². The molecular weight excluding hydrogens is 316 g/mol. The molecule has 0 fully saturated rings. The largest absolute Gasteiger partial charge is 0.230 e. The van der Waals surface area contributed by atoms with Crippen LogP contribution >= 0.6 is 11.8 Å². The number of thioether (sulfide) groups is 1. The maximum Gasteiger partial charge on any atom is 0.158 e. The van der Waals surface area contributed by atoms with Gasteiger partial charge < -0.3 is 0 Å². The molecule has 0 saturated heterocycles. The maximum absolute atomic E-state index is 4.74. The minimum absolute atomic E-state index is 0.881. The third-order valence-electron chi connectivity index (χ3n) is 4.46. The van der Waals surface area contributed by atoms with Crippen molar-refractivity contribution in [2.75, 3.05) is 0 Å². The van der Waals surface area contributed by atoms with Crippen LogP contribution in [0.4, 0.5) is 0 Å². The lowest BCUT2D eigenvalue weighted by Gasteiger charge is -2.13.